The normalized spacial score (nSPS) is 15.5. The number of anilines is 1. The number of aliphatic imine (C=N–C) groups is 1. The number of amides is 1. The molecule has 3 aromatic rings. The molecule has 2 aliphatic rings. The van der Waals surface area contributed by atoms with Crippen molar-refractivity contribution in [1.29, 1.82) is 0 Å². The Morgan fingerprint density at radius 1 is 1.04 bits per heavy atom. The van der Waals surface area contributed by atoms with E-state index in [1.165, 1.54) is 37.5 Å². The average Bonchev–Trinajstić information content (AvgIpc) is 3.94. The monoisotopic (exact) mass is 723 g/mol. The summed E-state index contributed by atoms with van der Waals surface area (Å²) < 4.78 is 51.1. The van der Waals surface area contributed by atoms with E-state index >= 15 is 0 Å². The minimum absolute atomic E-state index is 0.0156. The second kappa shape index (κ2) is 21.0. The molecule has 2 saturated carbocycles. The van der Waals surface area contributed by atoms with Crippen LogP contribution in [0, 0.1) is 24.6 Å². The number of hydrogen-bond acceptors (Lipinski definition) is 5. The molecule has 2 aromatic carbocycles. The summed E-state index contributed by atoms with van der Waals surface area (Å²) >= 11 is 0. The summed E-state index contributed by atoms with van der Waals surface area (Å²) in [6.07, 6.45) is 8.26. The molecule has 0 saturated heterocycles. The molecule has 1 aromatic heterocycles. The van der Waals surface area contributed by atoms with Crippen LogP contribution in [-0.4, -0.2) is 29.2 Å². The van der Waals surface area contributed by atoms with E-state index in [9.17, 15) is 27.2 Å². The molecule has 11 heteroatoms. The van der Waals surface area contributed by atoms with Gasteiger partial charge in [0.1, 0.15) is 11.7 Å². The molecule has 52 heavy (non-hydrogen) atoms. The Labute approximate surface area is 305 Å². The molecule has 1 unspecified atom stereocenters. The van der Waals surface area contributed by atoms with Gasteiger partial charge in [0.15, 0.2) is 6.29 Å². The van der Waals surface area contributed by atoms with E-state index in [2.05, 4.69) is 35.7 Å². The summed E-state index contributed by atoms with van der Waals surface area (Å²) in [6, 6.07) is 15.3. The highest BCUT2D eigenvalue weighted by molar-refractivity contribution is 6.05. The summed E-state index contributed by atoms with van der Waals surface area (Å²) in [5.41, 5.74) is 13.9. The third-order valence-corrected chi connectivity index (χ3v) is 8.45. The van der Waals surface area contributed by atoms with Crippen LogP contribution < -0.4 is 16.8 Å². The number of carbonyl (C=O) groups is 2. The van der Waals surface area contributed by atoms with Crippen molar-refractivity contribution in [3.63, 3.8) is 0 Å². The molecular formula is C41H53F4N5O2. The van der Waals surface area contributed by atoms with E-state index in [1.807, 2.05) is 44.3 Å². The summed E-state index contributed by atoms with van der Waals surface area (Å²) in [6.45, 7) is 12.9. The van der Waals surface area contributed by atoms with E-state index < -0.39 is 17.3 Å². The molecule has 5 rings (SSSR count). The van der Waals surface area contributed by atoms with E-state index in [4.69, 9.17) is 11.5 Å². The lowest BCUT2D eigenvalue weighted by Gasteiger charge is -2.31. The van der Waals surface area contributed by atoms with E-state index in [0.717, 1.165) is 49.1 Å². The lowest BCUT2D eigenvalue weighted by Crippen LogP contribution is -2.38. The Bertz CT molecular complexity index is 1670. The van der Waals surface area contributed by atoms with Gasteiger partial charge in [0.2, 0.25) is 0 Å². The molecule has 1 heterocycles. The quantitative estimate of drug-likeness (QED) is 0.0452. The number of rotatable bonds is 11. The van der Waals surface area contributed by atoms with E-state index in [-0.39, 0.29) is 35.5 Å². The van der Waals surface area contributed by atoms with Gasteiger partial charge in [0, 0.05) is 29.6 Å². The van der Waals surface area contributed by atoms with Gasteiger partial charge in [0.05, 0.1) is 16.8 Å². The zero-order chi connectivity index (χ0) is 38.9. The number of hydrogen-bond donors (Lipinski definition) is 3. The molecular weight excluding hydrogens is 670 g/mol. The highest BCUT2D eigenvalue weighted by Crippen LogP contribution is 2.40. The van der Waals surface area contributed by atoms with Gasteiger partial charge in [-0.1, -0.05) is 90.3 Å². The number of nitrogens with one attached hydrogen (secondary N) is 1. The fourth-order valence-electron chi connectivity index (χ4n) is 5.06. The molecule has 0 radical (unpaired) electrons. The first-order chi connectivity index (χ1) is 24.7. The van der Waals surface area contributed by atoms with Crippen LogP contribution in [-0.2, 0) is 15.1 Å². The van der Waals surface area contributed by atoms with Gasteiger partial charge in [0.25, 0.3) is 5.91 Å². The number of benzene rings is 2. The fourth-order valence-corrected chi connectivity index (χ4v) is 5.06. The van der Waals surface area contributed by atoms with Gasteiger partial charge < -0.3 is 16.8 Å². The van der Waals surface area contributed by atoms with Crippen molar-refractivity contribution in [2.75, 3.05) is 5.32 Å². The van der Waals surface area contributed by atoms with Crippen LogP contribution in [0.15, 0.2) is 95.9 Å². The first-order valence-electron chi connectivity index (χ1n) is 17.9. The molecule has 5 N–H and O–H groups in total. The van der Waals surface area contributed by atoms with Crippen molar-refractivity contribution in [2.24, 2.45) is 28.3 Å². The minimum Gasteiger partial charge on any atom is -0.383 e. The molecule has 1 amide bonds. The highest BCUT2D eigenvalue weighted by Gasteiger charge is 2.33. The number of allylic oxidation sites excluding steroid dienone is 3. The smallest absolute Gasteiger partial charge is 0.383 e. The lowest BCUT2D eigenvalue weighted by atomic mass is 9.80. The van der Waals surface area contributed by atoms with Crippen LogP contribution in [0.1, 0.15) is 101 Å². The van der Waals surface area contributed by atoms with Gasteiger partial charge in [-0.3, -0.25) is 14.6 Å². The summed E-state index contributed by atoms with van der Waals surface area (Å²) in [5.74, 6) is 0.275. The van der Waals surface area contributed by atoms with Gasteiger partial charge in [-0.05, 0) is 85.6 Å². The Morgan fingerprint density at radius 3 is 2.23 bits per heavy atom. The zero-order valence-corrected chi connectivity index (χ0v) is 30.9. The predicted molar refractivity (Wildman–Crippen MR) is 202 cm³/mol. The molecule has 282 valence electrons. The second-order valence-electron chi connectivity index (χ2n) is 12.8. The van der Waals surface area contributed by atoms with Crippen LogP contribution in [0.3, 0.4) is 0 Å². The van der Waals surface area contributed by atoms with Crippen LogP contribution in [0.4, 0.5) is 23.2 Å². The molecule has 0 aliphatic heterocycles. The minimum atomic E-state index is -4.63. The van der Waals surface area contributed by atoms with E-state index in [1.54, 1.807) is 25.3 Å². The fraction of sp³-hybridized carbons (Fsp3) is 0.415. The number of pyridine rings is 1. The third-order valence-electron chi connectivity index (χ3n) is 8.45. The topological polar surface area (TPSA) is 123 Å². The second-order valence-corrected chi connectivity index (χ2v) is 12.8. The summed E-state index contributed by atoms with van der Waals surface area (Å²) in [5, 5.41) is 2.56. The number of nitrogens with zero attached hydrogens (tertiary/aromatic N) is 2. The predicted octanol–water partition coefficient (Wildman–Crippen LogP) is 9.70. The lowest BCUT2D eigenvalue weighted by molar-refractivity contribution is -0.123. The number of nitrogens with two attached hydrogens (primary N) is 2. The maximum atomic E-state index is 13.6. The maximum absolute atomic E-state index is 13.6. The van der Waals surface area contributed by atoms with Crippen LogP contribution >= 0.6 is 0 Å². The molecule has 0 bridgehead atoms. The van der Waals surface area contributed by atoms with Crippen LogP contribution in [0.5, 0.6) is 0 Å². The number of aryl methyl sites for hydroxylation is 1. The van der Waals surface area contributed by atoms with Crippen molar-refractivity contribution in [2.45, 2.75) is 97.7 Å². The first kappa shape index (κ1) is 43.5. The molecule has 2 fully saturated rings. The van der Waals surface area contributed by atoms with Gasteiger partial charge in [-0.2, -0.15) is 18.2 Å². The molecule has 2 aliphatic carbocycles. The van der Waals surface area contributed by atoms with Crippen molar-refractivity contribution >= 4 is 23.7 Å². The van der Waals surface area contributed by atoms with E-state index in [0.29, 0.717) is 22.9 Å². The molecule has 1 atom stereocenters. The Balaban J connectivity index is 0.000000325. The van der Waals surface area contributed by atoms with Crippen molar-refractivity contribution in [3.8, 4) is 0 Å². The van der Waals surface area contributed by atoms with Gasteiger partial charge >= 0.3 is 6.18 Å². The summed E-state index contributed by atoms with van der Waals surface area (Å²) in [7, 11) is 0. The number of carbonyl (C=O) groups excluding carboxylic acids is 2. The van der Waals surface area contributed by atoms with Gasteiger partial charge in [-0.25, -0.2) is 4.39 Å². The Hall–Kier alpha value is -4.64. The number of halogens is 4. The summed E-state index contributed by atoms with van der Waals surface area (Å²) in [4.78, 5) is 31.0. The maximum Gasteiger partial charge on any atom is 0.415 e. The zero-order valence-electron chi connectivity index (χ0n) is 30.9. The van der Waals surface area contributed by atoms with Gasteiger partial charge in [-0.15, -0.1) is 0 Å². The number of amidine groups is 1. The SMILES string of the molecule is C=C(/C=C(/C=O)Nc1cccc(C(N)=NC(=O)C2CCC2)c1)C(F)(F)F.CC.CCC.Cc1cc(C(N)(CCC2CC2)c2cccnc2)ccc1F. The first-order valence-corrected chi connectivity index (χ1v) is 17.9. The Kier molecular flexibility index (Phi) is 17.6. The number of aldehydes is 1. The average molecular weight is 724 g/mol. The van der Waals surface area contributed by atoms with Crippen molar-refractivity contribution in [3.05, 3.63) is 119 Å². The third kappa shape index (κ3) is 13.5. The van der Waals surface area contributed by atoms with Crippen LogP contribution in [0.2, 0.25) is 0 Å². The number of alkyl halides is 3. The molecule has 0 spiro atoms. The standard InChI is InChI=1S/C18H18F3N3O2.C18H21FN2.C3H8.C2H6/c1-11(18(19,20)21)8-15(10-25)23-14-7-3-6-13(9-14)16(22)24-17(26)12-4-2-5-12;1-13-11-15(6-7-17(13)19)18(20,9-8-14-4-5-14)16-3-2-10-21-12-16;1-3-2;1-2/h3,6-10,12,23H,1-2,4-5H2,(H2,22,24,26);2-3,6-7,10-12,14H,4-5,8-9,20H2,1H3;3H2,1-2H3;1-2H3/b15-8-;;;. The Morgan fingerprint density at radius 2 is 1.71 bits per heavy atom. The molecule has 7 nitrogen and oxygen atoms in total. The van der Waals surface area contributed by atoms with Crippen LogP contribution in [0.25, 0.3) is 0 Å². The number of aromatic nitrogens is 1. The van der Waals surface area contributed by atoms with Crippen molar-refractivity contribution < 1.29 is 27.2 Å². The largest absolute Gasteiger partial charge is 0.415 e. The van der Waals surface area contributed by atoms with Crippen molar-refractivity contribution in [1.82, 2.24) is 4.98 Å². The highest BCUT2D eigenvalue weighted by atomic mass is 19.4.